The standard InChI is InChI=1S/C38H59ClO8.CH4/c39-13-3-1-2-4-14-42-17-18-43-15-5-7-35(40)29-46-22-21-45-20-19-44-16-6-8-36(41)30-47-37-11-9-34(10-12-37)38-26-31-23-32(27-38)25-33(24-31)28-38;/h9-12,31-33H,1-8,13-30H2;1H4. The number of unbranched alkanes of at least 4 members (excludes halogenated alkanes) is 3. The number of ether oxygens (including phenoxy) is 6. The minimum Gasteiger partial charge on any atom is -0.486 e. The maximum absolute atomic E-state index is 12.3. The highest BCUT2D eigenvalue weighted by atomic mass is 35.5. The molecule has 0 heterocycles. The van der Waals surface area contributed by atoms with E-state index in [4.69, 9.17) is 40.0 Å². The minimum atomic E-state index is 0. The lowest BCUT2D eigenvalue weighted by molar-refractivity contribution is -0.124. The predicted octanol–water partition coefficient (Wildman–Crippen LogP) is 7.75. The summed E-state index contributed by atoms with van der Waals surface area (Å²) in [5, 5.41) is 0. The van der Waals surface area contributed by atoms with Gasteiger partial charge in [0.05, 0.1) is 39.6 Å². The zero-order valence-electron chi connectivity index (χ0n) is 28.6. The molecule has 4 bridgehead atoms. The average molecular weight is 695 g/mol. The van der Waals surface area contributed by atoms with Gasteiger partial charge in [0.2, 0.25) is 0 Å². The van der Waals surface area contributed by atoms with Crippen LogP contribution in [0.2, 0.25) is 0 Å². The molecule has 4 aliphatic carbocycles. The van der Waals surface area contributed by atoms with Crippen LogP contribution < -0.4 is 4.74 Å². The number of rotatable bonds is 29. The van der Waals surface area contributed by atoms with Crippen molar-refractivity contribution in [1.82, 2.24) is 0 Å². The molecule has 0 unspecified atom stereocenters. The lowest BCUT2D eigenvalue weighted by Gasteiger charge is -2.57. The maximum atomic E-state index is 12.3. The molecular weight excluding hydrogens is 632 g/mol. The third kappa shape index (κ3) is 15.1. The van der Waals surface area contributed by atoms with Gasteiger partial charge >= 0.3 is 0 Å². The summed E-state index contributed by atoms with van der Waals surface area (Å²) >= 11 is 5.66. The van der Waals surface area contributed by atoms with Gasteiger partial charge in [0.25, 0.3) is 0 Å². The lowest BCUT2D eigenvalue weighted by atomic mass is 9.48. The van der Waals surface area contributed by atoms with Crippen molar-refractivity contribution in [3.05, 3.63) is 29.8 Å². The molecule has 0 N–H and O–H groups in total. The van der Waals surface area contributed by atoms with Crippen LogP contribution in [0, 0.1) is 17.8 Å². The predicted molar refractivity (Wildman–Crippen MR) is 190 cm³/mol. The number of hydrogen-bond donors (Lipinski definition) is 0. The van der Waals surface area contributed by atoms with Crippen LogP contribution in [0.5, 0.6) is 5.75 Å². The first-order valence-corrected chi connectivity index (χ1v) is 18.8. The molecule has 4 fully saturated rings. The van der Waals surface area contributed by atoms with Crippen molar-refractivity contribution in [2.24, 2.45) is 17.8 Å². The van der Waals surface area contributed by atoms with Crippen molar-refractivity contribution in [1.29, 1.82) is 0 Å². The number of benzene rings is 1. The van der Waals surface area contributed by atoms with Crippen LogP contribution in [-0.2, 0) is 38.7 Å². The van der Waals surface area contributed by atoms with Crippen LogP contribution in [0.25, 0.3) is 0 Å². The van der Waals surface area contributed by atoms with Gasteiger partial charge in [-0.15, -0.1) is 11.6 Å². The molecule has 1 aromatic carbocycles. The Bertz CT molecular complexity index is 980. The zero-order chi connectivity index (χ0) is 33.0. The highest BCUT2D eigenvalue weighted by Gasteiger charge is 2.51. The second-order valence-electron chi connectivity index (χ2n) is 13.9. The van der Waals surface area contributed by atoms with E-state index in [2.05, 4.69) is 24.3 Å². The smallest absolute Gasteiger partial charge is 0.170 e. The Morgan fingerprint density at radius 3 is 1.58 bits per heavy atom. The van der Waals surface area contributed by atoms with Crippen molar-refractivity contribution >= 4 is 23.2 Å². The summed E-state index contributed by atoms with van der Waals surface area (Å²) in [6, 6.07) is 8.61. The van der Waals surface area contributed by atoms with E-state index in [0.29, 0.717) is 84.0 Å². The fourth-order valence-corrected chi connectivity index (χ4v) is 8.21. The molecule has 0 aliphatic heterocycles. The molecule has 4 saturated carbocycles. The van der Waals surface area contributed by atoms with Crippen molar-refractivity contribution < 1.29 is 38.0 Å². The Hall–Kier alpha value is -1.55. The molecule has 1 aromatic rings. The summed E-state index contributed by atoms with van der Waals surface area (Å²) in [5.41, 5.74) is 1.87. The summed E-state index contributed by atoms with van der Waals surface area (Å²) in [6.07, 6.45) is 15.1. The molecule has 9 heteroatoms. The third-order valence-electron chi connectivity index (χ3n) is 9.94. The molecule has 8 nitrogen and oxygen atoms in total. The fraction of sp³-hybridized carbons (Fsp3) is 0.795. The van der Waals surface area contributed by atoms with Gasteiger partial charge in [0.15, 0.2) is 11.6 Å². The molecule has 0 amide bonds. The average Bonchev–Trinajstić information content (AvgIpc) is 3.06. The van der Waals surface area contributed by atoms with Gasteiger partial charge in [-0.05, 0) is 105 Å². The number of carbonyl (C=O) groups is 2. The van der Waals surface area contributed by atoms with Gasteiger partial charge < -0.3 is 28.4 Å². The first-order chi connectivity index (χ1) is 23.1. The molecule has 0 atom stereocenters. The van der Waals surface area contributed by atoms with E-state index in [9.17, 15) is 9.59 Å². The van der Waals surface area contributed by atoms with Crippen LogP contribution in [0.4, 0.5) is 0 Å². The van der Waals surface area contributed by atoms with Gasteiger partial charge in [0.1, 0.15) is 19.0 Å². The van der Waals surface area contributed by atoms with Crippen LogP contribution >= 0.6 is 11.6 Å². The summed E-state index contributed by atoms with van der Waals surface area (Å²) in [4.78, 5) is 24.2. The normalized spacial score (nSPS) is 22.5. The Balaban J connectivity index is 0.00000625. The number of alkyl halides is 1. The van der Waals surface area contributed by atoms with Crippen LogP contribution in [0.1, 0.15) is 103 Å². The highest BCUT2D eigenvalue weighted by Crippen LogP contribution is 2.60. The molecule has 0 saturated heterocycles. The summed E-state index contributed by atoms with van der Waals surface area (Å²) in [5.74, 6) is 4.45. The quantitative estimate of drug-likeness (QED) is 0.0622. The Kier molecular flexibility index (Phi) is 20.3. The monoisotopic (exact) mass is 694 g/mol. The minimum absolute atomic E-state index is 0. The van der Waals surface area contributed by atoms with E-state index in [0.717, 1.165) is 61.7 Å². The third-order valence-corrected chi connectivity index (χ3v) is 10.2. The van der Waals surface area contributed by atoms with Gasteiger partial charge in [-0.2, -0.15) is 0 Å². The first-order valence-electron chi connectivity index (χ1n) is 18.3. The Morgan fingerprint density at radius 2 is 1.04 bits per heavy atom. The summed E-state index contributed by atoms with van der Waals surface area (Å²) in [6.45, 7) is 4.82. The van der Waals surface area contributed by atoms with E-state index in [-0.39, 0.29) is 32.2 Å². The van der Waals surface area contributed by atoms with E-state index in [1.165, 1.54) is 44.1 Å². The van der Waals surface area contributed by atoms with Crippen LogP contribution in [0.15, 0.2) is 24.3 Å². The summed E-state index contributed by atoms with van der Waals surface area (Å²) < 4.78 is 33.3. The Morgan fingerprint density at radius 1 is 0.583 bits per heavy atom. The molecule has 0 spiro atoms. The lowest BCUT2D eigenvalue weighted by Crippen LogP contribution is -2.48. The van der Waals surface area contributed by atoms with E-state index < -0.39 is 0 Å². The molecule has 0 radical (unpaired) electrons. The van der Waals surface area contributed by atoms with E-state index in [1.807, 2.05) is 0 Å². The van der Waals surface area contributed by atoms with Crippen molar-refractivity contribution in [2.75, 3.05) is 78.6 Å². The molecule has 274 valence electrons. The molecular formula is C39H63ClO8. The number of Topliss-reactive ketones (excluding diaryl/α,β-unsaturated/α-hetero) is 2. The first kappa shape index (κ1) is 40.9. The van der Waals surface area contributed by atoms with Gasteiger partial charge in [-0.25, -0.2) is 0 Å². The van der Waals surface area contributed by atoms with E-state index >= 15 is 0 Å². The molecule has 4 aliphatic rings. The maximum Gasteiger partial charge on any atom is 0.170 e. The number of ketones is 2. The van der Waals surface area contributed by atoms with Crippen LogP contribution in [0.3, 0.4) is 0 Å². The summed E-state index contributed by atoms with van der Waals surface area (Å²) in [7, 11) is 0. The molecule has 48 heavy (non-hydrogen) atoms. The molecule has 5 rings (SSSR count). The number of halogens is 1. The van der Waals surface area contributed by atoms with Crippen molar-refractivity contribution in [3.8, 4) is 5.75 Å². The van der Waals surface area contributed by atoms with Gasteiger partial charge in [-0.1, -0.05) is 32.4 Å². The second kappa shape index (κ2) is 23.8. The van der Waals surface area contributed by atoms with Crippen molar-refractivity contribution in [2.45, 2.75) is 103 Å². The van der Waals surface area contributed by atoms with Gasteiger partial charge in [-0.3, -0.25) is 9.59 Å². The molecule has 0 aromatic heterocycles. The topological polar surface area (TPSA) is 89.5 Å². The van der Waals surface area contributed by atoms with Gasteiger partial charge in [0, 0.05) is 38.5 Å². The highest BCUT2D eigenvalue weighted by molar-refractivity contribution is 6.17. The van der Waals surface area contributed by atoms with Crippen molar-refractivity contribution in [3.63, 3.8) is 0 Å². The SMILES string of the molecule is C.O=C(CCCOCCOCCCCCCCl)COCCOCCOCCCC(=O)COc1ccc(C23CC4CC(CC(C4)C2)C3)cc1. The Labute approximate surface area is 295 Å². The fourth-order valence-electron chi connectivity index (χ4n) is 8.02. The largest absolute Gasteiger partial charge is 0.486 e. The van der Waals surface area contributed by atoms with E-state index in [1.54, 1.807) is 0 Å². The zero-order valence-corrected chi connectivity index (χ0v) is 29.3. The second-order valence-corrected chi connectivity index (χ2v) is 14.3. The number of hydrogen-bond acceptors (Lipinski definition) is 8. The van der Waals surface area contributed by atoms with Crippen LogP contribution in [-0.4, -0.2) is 90.1 Å². The number of carbonyl (C=O) groups excluding carboxylic acids is 2.